The largest absolute Gasteiger partial charge is 0.454 e. The van der Waals surface area contributed by atoms with Crippen LogP contribution in [0.1, 0.15) is 29.6 Å². The van der Waals surface area contributed by atoms with Gasteiger partial charge in [-0.05, 0) is 50.2 Å². The zero-order valence-corrected chi connectivity index (χ0v) is 18.3. The first-order chi connectivity index (χ1) is 15.2. The molecule has 31 heavy (non-hydrogen) atoms. The third-order valence-electron chi connectivity index (χ3n) is 6.38. The number of rotatable bonds is 4. The molecule has 0 saturated carbocycles. The lowest BCUT2D eigenvalue weighted by Crippen LogP contribution is -2.33. The third kappa shape index (κ3) is 3.46. The fraction of sp³-hybridized carbons (Fsp3) is 0.280. The number of furan rings is 1. The summed E-state index contributed by atoms with van der Waals surface area (Å²) in [6.07, 6.45) is 2.27. The van der Waals surface area contributed by atoms with E-state index in [1.54, 1.807) is 11.3 Å². The summed E-state index contributed by atoms with van der Waals surface area (Å²) in [5.74, 6) is 2.53. The van der Waals surface area contributed by atoms with Crippen LogP contribution in [0, 0.1) is 0 Å². The molecule has 0 amide bonds. The Morgan fingerprint density at radius 1 is 1.03 bits per heavy atom. The molecule has 0 bridgehead atoms. The molecule has 1 aliphatic rings. The quantitative estimate of drug-likeness (QED) is 0.362. The predicted molar refractivity (Wildman–Crippen MR) is 125 cm³/mol. The first-order valence-corrected chi connectivity index (χ1v) is 11.7. The van der Waals surface area contributed by atoms with E-state index in [9.17, 15) is 0 Å². The number of likely N-dealkylation sites (tertiary alicyclic amines) is 1. The molecule has 0 atom stereocenters. The minimum Gasteiger partial charge on any atom is -0.454 e. The summed E-state index contributed by atoms with van der Waals surface area (Å²) >= 11 is 1.77. The highest BCUT2D eigenvalue weighted by Crippen LogP contribution is 2.35. The van der Waals surface area contributed by atoms with Crippen molar-refractivity contribution in [2.45, 2.75) is 25.3 Å². The van der Waals surface area contributed by atoms with E-state index >= 15 is 0 Å². The van der Waals surface area contributed by atoms with Crippen LogP contribution in [0.25, 0.3) is 33.5 Å². The van der Waals surface area contributed by atoms with Gasteiger partial charge in [0.05, 0.1) is 22.6 Å². The van der Waals surface area contributed by atoms with E-state index in [-0.39, 0.29) is 0 Å². The fourth-order valence-corrected chi connectivity index (χ4v) is 5.55. The lowest BCUT2D eigenvalue weighted by atomic mass is 9.97. The average Bonchev–Trinajstić information content (AvgIpc) is 3.52. The number of thiazole rings is 1. The number of hydrogen-bond donors (Lipinski definition) is 0. The summed E-state index contributed by atoms with van der Waals surface area (Å²) in [6.45, 7) is 3.06. The SMILES string of the molecule is Cn1c(CN2CCC(c3nc(-c4cc5ccccc5o4)cs3)CC2)nc2ccccc21. The van der Waals surface area contributed by atoms with Gasteiger partial charge in [0.25, 0.3) is 0 Å². The average molecular weight is 429 g/mol. The Kier molecular flexibility index (Phi) is 4.62. The minimum atomic E-state index is 0.528. The van der Waals surface area contributed by atoms with Gasteiger partial charge in [-0.2, -0.15) is 0 Å². The van der Waals surface area contributed by atoms with Gasteiger partial charge in [-0.15, -0.1) is 11.3 Å². The fourth-order valence-electron chi connectivity index (χ4n) is 4.57. The maximum Gasteiger partial charge on any atom is 0.154 e. The molecule has 6 rings (SSSR count). The zero-order chi connectivity index (χ0) is 20.8. The molecule has 5 nitrogen and oxygen atoms in total. The lowest BCUT2D eigenvalue weighted by Gasteiger charge is -2.30. The van der Waals surface area contributed by atoms with Gasteiger partial charge < -0.3 is 8.98 Å². The number of piperidine rings is 1. The monoisotopic (exact) mass is 428 g/mol. The van der Waals surface area contributed by atoms with Gasteiger partial charge in [0.2, 0.25) is 0 Å². The molecular formula is C25H24N4OS. The van der Waals surface area contributed by atoms with Crippen LogP contribution >= 0.6 is 11.3 Å². The van der Waals surface area contributed by atoms with E-state index in [1.165, 1.54) is 10.5 Å². The van der Waals surface area contributed by atoms with E-state index in [2.05, 4.69) is 58.3 Å². The van der Waals surface area contributed by atoms with Gasteiger partial charge in [-0.1, -0.05) is 30.3 Å². The Hall–Kier alpha value is -2.96. The van der Waals surface area contributed by atoms with Crippen molar-refractivity contribution >= 4 is 33.3 Å². The summed E-state index contributed by atoms with van der Waals surface area (Å²) in [7, 11) is 2.12. The molecule has 156 valence electrons. The molecule has 5 aromatic rings. The molecule has 0 spiro atoms. The second kappa shape index (κ2) is 7.62. The van der Waals surface area contributed by atoms with Crippen LogP contribution in [0.4, 0.5) is 0 Å². The highest BCUT2D eigenvalue weighted by molar-refractivity contribution is 7.10. The van der Waals surface area contributed by atoms with Crippen molar-refractivity contribution in [2.24, 2.45) is 7.05 Å². The van der Waals surface area contributed by atoms with Gasteiger partial charge in [0.15, 0.2) is 5.76 Å². The Morgan fingerprint density at radius 2 is 1.84 bits per heavy atom. The maximum atomic E-state index is 6.00. The molecule has 0 radical (unpaired) electrons. The van der Waals surface area contributed by atoms with Gasteiger partial charge in [0.1, 0.15) is 17.1 Å². The van der Waals surface area contributed by atoms with Crippen LogP contribution in [-0.2, 0) is 13.6 Å². The topological polar surface area (TPSA) is 47.1 Å². The van der Waals surface area contributed by atoms with E-state index in [4.69, 9.17) is 14.4 Å². The minimum absolute atomic E-state index is 0.528. The number of fused-ring (bicyclic) bond motifs is 2. The van der Waals surface area contributed by atoms with Crippen molar-refractivity contribution in [1.29, 1.82) is 0 Å². The molecule has 0 unspecified atom stereocenters. The number of benzene rings is 2. The lowest BCUT2D eigenvalue weighted by molar-refractivity contribution is 0.199. The van der Waals surface area contributed by atoms with Crippen LogP contribution in [0.2, 0.25) is 0 Å². The third-order valence-corrected chi connectivity index (χ3v) is 7.39. The Balaban J connectivity index is 1.13. The molecule has 0 aliphatic carbocycles. The van der Waals surface area contributed by atoms with Crippen molar-refractivity contribution in [2.75, 3.05) is 13.1 Å². The second-order valence-electron chi connectivity index (χ2n) is 8.35. The molecule has 1 fully saturated rings. The maximum absolute atomic E-state index is 6.00. The number of para-hydroxylation sites is 3. The molecule has 4 heterocycles. The number of nitrogens with zero attached hydrogens (tertiary/aromatic N) is 4. The normalized spacial score (nSPS) is 15.9. The molecule has 1 saturated heterocycles. The van der Waals surface area contributed by atoms with Crippen molar-refractivity contribution in [3.63, 3.8) is 0 Å². The van der Waals surface area contributed by atoms with Crippen LogP contribution in [-0.4, -0.2) is 32.5 Å². The predicted octanol–water partition coefficient (Wildman–Crippen LogP) is 5.82. The molecule has 0 N–H and O–H groups in total. The van der Waals surface area contributed by atoms with Crippen molar-refractivity contribution in [1.82, 2.24) is 19.4 Å². The summed E-state index contributed by atoms with van der Waals surface area (Å²) in [5, 5.41) is 4.50. The van der Waals surface area contributed by atoms with E-state index in [0.717, 1.165) is 66.2 Å². The van der Waals surface area contributed by atoms with Crippen LogP contribution in [0.15, 0.2) is 64.4 Å². The van der Waals surface area contributed by atoms with Crippen molar-refractivity contribution in [3.05, 3.63) is 70.8 Å². The van der Waals surface area contributed by atoms with Gasteiger partial charge >= 0.3 is 0 Å². The second-order valence-corrected chi connectivity index (χ2v) is 9.24. The van der Waals surface area contributed by atoms with E-state index < -0.39 is 0 Å². The molecule has 6 heteroatoms. The Labute approximate surface area is 185 Å². The van der Waals surface area contributed by atoms with Gasteiger partial charge in [-0.25, -0.2) is 9.97 Å². The first kappa shape index (κ1) is 18.8. The first-order valence-electron chi connectivity index (χ1n) is 10.8. The highest BCUT2D eigenvalue weighted by atomic mass is 32.1. The van der Waals surface area contributed by atoms with Crippen LogP contribution < -0.4 is 0 Å². The summed E-state index contributed by atoms with van der Waals surface area (Å²) in [4.78, 5) is 12.3. The smallest absolute Gasteiger partial charge is 0.154 e. The number of aromatic nitrogens is 3. The molecular weight excluding hydrogens is 404 g/mol. The Bertz CT molecular complexity index is 1320. The number of imidazole rings is 1. The standard InChI is InChI=1S/C25H24N4OS/c1-28-21-8-4-3-7-19(21)26-24(28)15-29-12-10-17(11-13-29)25-27-20(16-31-25)23-14-18-6-2-5-9-22(18)30-23/h2-9,14,16-17H,10-13,15H2,1H3. The van der Waals surface area contributed by atoms with Gasteiger partial charge in [0, 0.05) is 23.7 Å². The van der Waals surface area contributed by atoms with Crippen molar-refractivity contribution < 1.29 is 4.42 Å². The van der Waals surface area contributed by atoms with Crippen LogP contribution in [0.3, 0.4) is 0 Å². The Morgan fingerprint density at radius 3 is 2.68 bits per heavy atom. The highest BCUT2D eigenvalue weighted by Gasteiger charge is 2.24. The molecule has 1 aliphatic heterocycles. The number of hydrogen-bond acceptors (Lipinski definition) is 5. The van der Waals surface area contributed by atoms with Crippen LogP contribution in [0.5, 0.6) is 0 Å². The molecule has 3 aromatic heterocycles. The van der Waals surface area contributed by atoms with E-state index in [1.807, 2.05) is 18.2 Å². The summed E-state index contributed by atoms with van der Waals surface area (Å²) < 4.78 is 8.23. The molecule has 2 aromatic carbocycles. The zero-order valence-electron chi connectivity index (χ0n) is 17.5. The van der Waals surface area contributed by atoms with Crippen molar-refractivity contribution in [3.8, 4) is 11.5 Å². The summed E-state index contributed by atoms with van der Waals surface area (Å²) in [5.41, 5.74) is 4.16. The summed E-state index contributed by atoms with van der Waals surface area (Å²) in [6, 6.07) is 18.6. The number of aryl methyl sites for hydroxylation is 1. The van der Waals surface area contributed by atoms with Gasteiger partial charge in [-0.3, -0.25) is 4.90 Å². The van der Waals surface area contributed by atoms with E-state index in [0.29, 0.717) is 5.92 Å².